The van der Waals surface area contributed by atoms with Gasteiger partial charge >= 0.3 is 0 Å². The van der Waals surface area contributed by atoms with Crippen LogP contribution in [0, 0.1) is 36.5 Å². The summed E-state index contributed by atoms with van der Waals surface area (Å²) in [7, 11) is 0. The summed E-state index contributed by atoms with van der Waals surface area (Å²) in [5.41, 5.74) is 4.34. The second-order valence-corrected chi connectivity index (χ2v) is 6.33. The van der Waals surface area contributed by atoms with Crippen LogP contribution in [-0.4, -0.2) is 10.5 Å². The van der Waals surface area contributed by atoms with E-state index >= 15 is 0 Å². The van der Waals surface area contributed by atoms with E-state index in [0.29, 0.717) is 5.69 Å². The van der Waals surface area contributed by atoms with E-state index in [2.05, 4.69) is 11.4 Å². The molecule has 0 saturated heterocycles. The molecule has 3 aromatic rings. The van der Waals surface area contributed by atoms with Crippen molar-refractivity contribution in [3.8, 4) is 12.1 Å². The summed E-state index contributed by atoms with van der Waals surface area (Å²) in [6.45, 7) is 4.09. The fraction of sp³-hybridized carbons (Fsp3) is 0.136. The zero-order valence-electron chi connectivity index (χ0n) is 15.2. The van der Waals surface area contributed by atoms with E-state index < -0.39 is 5.91 Å². The van der Waals surface area contributed by atoms with Gasteiger partial charge < -0.3 is 9.88 Å². The minimum atomic E-state index is -0.457. The number of benzene rings is 2. The smallest absolute Gasteiger partial charge is 0.266 e. The van der Waals surface area contributed by atoms with Gasteiger partial charge in [-0.05, 0) is 37.6 Å². The third-order valence-electron chi connectivity index (χ3n) is 4.36. The molecule has 1 aromatic heterocycles. The van der Waals surface area contributed by atoms with Crippen molar-refractivity contribution in [3.63, 3.8) is 0 Å². The van der Waals surface area contributed by atoms with Gasteiger partial charge in [0.15, 0.2) is 0 Å². The Kier molecular flexibility index (Phi) is 5.06. The average Bonchev–Trinajstić information content (AvgIpc) is 3.00. The van der Waals surface area contributed by atoms with Crippen molar-refractivity contribution in [1.29, 1.82) is 10.5 Å². The molecule has 0 radical (unpaired) electrons. The zero-order chi connectivity index (χ0) is 19.4. The summed E-state index contributed by atoms with van der Waals surface area (Å²) in [5, 5.41) is 22.2. The standard InChI is InChI=1S/C22H18N4O/c1-15-7-8-20(16(2)11-15)25-22(27)17(13-24)12-18-14-26(10-9-23)21-6-4-3-5-19(18)21/h3-8,11-12,14H,10H2,1-2H3,(H,25,27)/b17-12-. The maximum atomic E-state index is 12.6. The van der Waals surface area contributed by atoms with Crippen LogP contribution in [-0.2, 0) is 11.3 Å². The van der Waals surface area contributed by atoms with Crippen LogP contribution in [0.2, 0.25) is 0 Å². The molecule has 0 bridgehead atoms. The van der Waals surface area contributed by atoms with Crippen LogP contribution in [0.3, 0.4) is 0 Å². The minimum absolute atomic E-state index is 0.00911. The van der Waals surface area contributed by atoms with E-state index in [1.807, 2.05) is 62.4 Å². The van der Waals surface area contributed by atoms with Crippen molar-refractivity contribution in [2.75, 3.05) is 5.32 Å². The Bertz CT molecular complexity index is 1140. The number of hydrogen-bond donors (Lipinski definition) is 1. The van der Waals surface area contributed by atoms with Crippen molar-refractivity contribution >= 4 is 28.6 Å². The maximum Gasteiger partial charge on any atom is 0.266 e. The molecule has 1 heterocycles. The molecule has 0 aliphatic heterocycles. The van der Waals surface area contributed by atoms with E-state index in [1.165, 1.54) is 0 Å². The number of hydrogen-bond acceptors (Lipinski definition) is 3. The molecule has 0 unspecified atom stereocenters. The van der Waals surface area contributed by atoms with Crippen LogP contribution in [0.4, 0.5) is 5.69 Å². The van der Waals surface area contributed by atoms with Gasteiger partial charge in [0.1, 0.15) is 18.2 Å². The fourth-order valence-corrected chi connectivity index (χ4v) is 3.04. The Morgan fingerprint density at radius 1 is 1.19 bits per heavy atom. The minimum Gasteiger partial charge on any atom is -0.333 e. The van der Waals surface area contributed by atoms with Crippen LogP contribution >= 0.6 is 0 Å². The fourth-order valence-electron chi connectivity index (χ4n) is 3.04. The van der Waals surface area contributed by atoms with Gasteiger partial charge in [0.25, 0.3) is 5.91 Å². The lowest BCUT2D eigenvalue weighted by molar-refractivity contribution is -0.112. The summed E-state index contributed by atoms with van der Waals surface area (Å²) >= 11 is 0. The summed E-state index contributed by atoms with van der Waals surface area (Å²) in [5.74, 6) is -0.457. The number of carbonyl (C=O) groups is 1. The number of nitrogens with zero attached hydrogens (tertiary/aromatic N) is 3. The Morgan fingerprint density at radius 2 is 1.96 bits per heavy atom. The zero-order valence-corrected chi connectivity index (χ0v) is 15.2. The van der Waals surface area contributed by atoms with Gasteiger partial charge in [0.2, 0.25) is 0 Å². The Labute approximate surface area is 157 Å². The molecule has 3 rings (SSSR count). The molecule has 0 aliphatic rings. The highest BCUT2D eigenvalue weighted by atomic mass is 16.1. The van der Waals surface area contributed by atoms with Crippen molar-refractivity contribution in [2.24, 2.45) is 0 Å². The average molecular weight is 354 g/mol. The summed E-state index contributed by atoms with van der Waals surface area (Å²) in [6, 6.07) is 17.4. The third kappa shape index (κ3) is 3.73. The molecule has 27 heavy (non-hydrogen) atoms. The number of amides is 1. The second kappa shape index (κ2) is 7.59. The first kappa shape index (κ1) is 18.0. The van der Waals surface area contributed by atoms with Gasteiger partial charge in [-0.15, -0.1) is 0 Å². The van der Waals surface area contributed by atoms with Crippen LogP contribution < -0.4 is 5.32 Å². The van der Waals surface area contributed by atoms with E-state index in [1.54, 1.807) is 16.8 Å². The van der Waals surface area contributed by atoms with Gasteiger partial charge in [-0.3, -0.25) is 4.79 Å². The van der Waals surface area contributed by atoms with Gasteiger partial charge in [0, 0.05) is 28.4 Å². The highest BCUT2D eigenvalue weighted by Crippen LogP contribution is 2.24. The number of fused-ring (bicyclic) bond motifs is 1. The first-order valence-corrected chi connectivity index (χ1v) is 8.48. The predicted molar refractivity (Wildman–Crippen MR) is 106 cm³/mol. The van der Waals surface area contributed by atoms with Crippen LogP contribution in [0.25, 0.3) is 17.0 Å². The first-order chi connectivity index (χ1) is 13.0. The quantitative estimate of drug-likeness (QED) is 0.559. The number of nitriles is 2. The van der Waals surface area contributed by atoms with Crippen LogP contribution in [0.1, 0.15) is 16.7 Å². The summed E-state index contributed by atoms with van der Waals surface area (Å²) in [4.78, 5) is 12.6. The van der Waals surface area contributed by atoms with Crippen molar-refractivity contribution < 1.29 is 4.79 Å². The highest BCUT2D eigenvalue weighted by Gasteiger charge is 2.13. The molecule has 0 aliphatic carbocycles. The van der Waals surface area contributed by atoms with Gasteiger partial charge in [0.05, 0.1) is 6.07 Å². The maximum absolute atomic E-state index is 12.6. The number of aromatic nitrogens is 1. The van der Waals surface area contributed by atoms with E-state index in [4.69, 9.17) is 5.26 Å². The van der Waals surface area contributed by atoms with Gasteiger partial charge in [-0.2, -0.15) is 10.5 Å². The number of anilines is 1. The number of para-hydroxylation sites is 1. The monoisotopic (exact) mass is 354 g/mol. The molecule has 1 N–H and O–H groups in total. The van der Waals surface area contributed by atoms with Crippen molar-refractivity contribution in [1.82, 2.24) is 4.57 Å². The Balaban J connectivity index is 1.97. The molecule has 5 nitrogen and oxygen atoms in total. The lowest BCUT2D eigenvalue weighted by atomic mass is 10.1. The molecule has 0 saturated carbocycles. The topological polar surface area (TPSA) is 81.6 Å². The number of carbonyl (C=O) groups excluding carboxylic acids is 1. The molecule has 1 amide bonds. The molecule has 0 atom stereocenters. The molecule has 0 spiro atoms. The first-order valence-electron chi connectivity index (χ1n) is 8.48. The SMILES string of the molecule is Cc1ccc(NC(=O)/C(C#N)=C\c2cn(CC#N)c3ccccc23)c(C)c1. The molecule has 132 valence electrons. The summed E-state index contributed by atoms with van der Waals surface area (Å²) in [6.07, 6.45) is 3.35. The van der Waals surface area contributed by atoms with Gasteiger partial charge in [-0.25, -0.2) is 0 Å². The molecular weight excluding hydrogens is 336 g/mol. The van der Waals surface area contributed by atoms with Crippen LogP contribution in [0.15, 0.2) is 54.2 Å². The Hall–Kier alpha value is -3.83. The van der Waals surface area contributed by atoms with E-state index in [0.717, 1.165) is 27.6 Å². The molecular formula is C22H18N4O. The molecule has 0 fully saturated rings. The number of rotatable bonds is 4. The molecule has 5 heteroatoms. The van der Waals surface area contributed by atoms with Gasteiger partial charge in [-0.1, -0.05) is 35.9 Å². The van der Waals surface area contributed by atoms with E-state index in [9.17, 15) is 10.1 Å². The number of nitrogens with one attached hydrogen (secondary N) is 1. The normalized spacial score (nSPS) is 11.0. The Morgan fingerprint density at radius 3 is 2.67 bits per heavy atom. The van der Waals surface area contributed by atoms with Crippen molar-refractivity contribution in [3.05, 3.63) is 70.9 Å². The largest absolute Gasteiger partial charge is 0.333 e. The predicted octanol–water partition coefficient (Wildman–Crippen LogP) is 4.33. The van der Waals surface area contributed by atoms with Crippen molar-refractivity contribution in [2.45, 2.75) is 20.4 Å². The van der Waals surface area contributed by atoms with Crippen LogP contribution in [0.5, 0.6) is 0 Å². The number of aryl methyl sites for hydroxylation is 2. The van der Waals surface area contributed by atoms with E-state index in [-0.39, 0.29) is 12.1 Å². The lowest BCUT2D eigenvalue weighted by Gasteiger charge is -2.08. The molecule has 2 aromatic carbocycles. The summed E-state index contributed by atoms with van der Waals surface area (Å²) < 4.78 is 1.80. The second-order valence-electron chi connectivity index (χ2n) is 6.33. The third-order valence-corrected chi connectivity index (χ3v) is 4.36. The highest BCUT2D eigenvalue weighted by molar-refractivity contribution is 6.11. The lowest BCUT2D eigenvalue weighted by Crippen LogP contribution is -2.14.